The summed E-state index contributed by atoms with van der Waals surface area (Å²) in [5.74, 6) is 0. The van der Waals surface area contributed by atoms with Gasteiger partial charge in [0.1, 0.15) is 0 Å². The summed E-state index contributed by atoms with van der Waals surface area (Å²) >= 11 is 0. The Morgan fingerprint density at radius 3 is 1.38 bits per heavy atom. The summed E-state index contributed by atoms with van der Waals surface area (Å²) in [6, 6.07) is 35.2. The van der Waals surface area contributed by atoms with Gasteiger partial charge in [-0.25, -0.2) is 0 Å². The molecule has 0 amide bonds. The van der Waals surface area contributed by atoms with Crippen LogP contribution in [-0.2, 0) is 0 Å². The molecule has 0 heterocycles. The SMILES string of the molecule is O=NC=c1ccc(=c2cc(-c3ccc(C=NO)cc3)c(-c3ccc(C=NO)cc3)cc2=c2ccc(=CNO)cc2)cc1. The van der Waals surface area contributed by atoms with Crippen LogP contribution >= 0.6 is 0 Å². The van der Waals surface area contributed by atoms with Crippen LogP contribution in [0.5, 0.6) is 0 Å². The molecule has 0 unspecified atom stereocenters. The van der Waals surface area contributed by atoms with Gasteiger partial charge in [0.25, 0.3) is 0 Å². The molecule has 4 N–H and O–H groups in total. The van der Waals surface area contributed by atoms with Gasteiger partial charge in [-0.2, -0.15) is 0 Å². The summed E-state index contributed by atoms with van der Waals surface area (Å²) in [6.45, 7) is 0. The summed E-state index contributed by atoms with van der Waals surface area (Å²) < 4.78 is 0. The number of nitrogens with one attached hydrogen (secondary N) is 1. The molecule has 0 atom stereocenters. The fourth-order valence-electron chi connectivity index (χ4n) is 4.83. The van der Waals surface area contributed by atoms with Crippen LogP contribution < -0.4 is 15.9 Å². The van der Waals surface area contributed by atoms with Gasteiger partial charge in [-0.15, -0.1) is 4.91 Å². The van der Waals surface area contributed by atoms with Gasteiger partial charge in [-0.1, -0.05) is 107 Å². The van der Waals surface area contributed by atoms with Crippen molar-refractivity contribution in [3.8, 4) is 22.3 Å². The Morgan fingerprint density at radius 2 is 1.00 bits per heavy atom. The lowest BCUT2D eigenvalue weighted by Gasteiger charge is -2.13. The third-order valence-electron chi connectivity index (χ3n) is 6.89. The molecule has 5 rings (SSSR count). The van der Waals surface area contributed by atoms with Crippen LogP contribution in [0.3, 0.4) is 0 Å². The molecule has 5 aromatic rings. The third kappa shape index (κ3) is 6.14. The largest absolute Gasteiger partial charge is 0.411 e. The Kier molecular flexibility index (Phi) is 8.57. The molecule has 42 heavy (non-hydrogen) atoms. The quantitative estimate of drug-likeness (QED) is 0.0963. The topological polar surface area (TPSA) is 127 Å². The van der Waals surface area contributed by atoms with Crippen molar-refractivity contribution in [1.29, 1.82) is 0 Å². The molecule has 0 aliphatic carbocycles. The van der Waals surface area contributed by atoms with Crippen molar-refractivity contribution in [2.24, 2.45) is 15.5 Å². The summed E-state index contributed by atoms with van der Waals surface area (Å²) in [4.78, 5) is 10.8. The van der Waals surface area contributed by atoms with E-state index in [4.69, 9.17) is 15.6 Å². The number of rotatable bonds is 6. The van der Waals surface area contributed by atoms with Crippen molar-refractivity contribution in [2.75, 3.05) is 0 Å². The lowest BCUT2D eigenvalue weighted by molar-refractivity contribution is 0.230. The average Bonchev–Trinajstić information content (AvgIpc) is 3.03. The van der Waals surface area contributed by atoms with Crippen molar-refractivity contribution < 1.29 is 15.6 Å². The zero-order valence-corrected chi connectivity index (χ0v) is 22.3. The fourth-order valence-corrected chi connectivity index (χ4v) is 4.83. The first-order chi connectivity index (χ1) is 20.6. The predicted molar refractivity (Wildman–Crippen MR) is 163 cm³/mol. The number of nitroso groups, excluding NO2 is 1. The molecule has 0 radical (unpaired) electrons. The van der Waals surface area contributed by atoms with E-state index in [1.807, 2.05) is 97.1 Å². The summed E-state index contributed by atoms with van der Waals surface area (Å²) in [6.07, 6.45) is 5.52. The monoisotopic (exact) mass is 554 g/mol. The van der Waals surface area contributed by atoms with Gasteiger partial charge in [-0.05, 0) is 82.0 Å². The Labute approximate surface area is 240 Å². The highest BCUT2D eigenvalue weighted by atomic mass is 16.5. The van der Waals surface area contributed by atoms with Gasteiger partial charge in [0.05, 0.1) is 18.6 Å². The third-order valence-corrected chi connectivity index (χ3v) is 6.89. The first kappa shape index (κ1) is 27.7. The van der Waals surface area contributed by atoms with Gasteiger partial charge in [0.15, 0.2) is 0 Å². The smallest absolute Gasteiger partial charge is 0.0787 e. The number of benzene rings is 5. The van der Waals surface area contributed by atoms with E-state index in [0.717, 1.165) is 59.5 Å². The first-order valence-corrected chi connectivity index (χ1v) is 13.0. The van der Waals surface area contributed by atoms with Crippen molar-refractivity contribution in [1.82, 2.24) is 5.48 Å². The Hall–Kier alpha value is -5.86. The summed E-state index contributed by atoms with van der Waals surface area (Å²) in [5, 5.41) is 41.6. The molecule has 8 heteroatoms. The molecule has 0 bridgehead atoms. The minimum absolute atomic E-state index is 0.705. The van der Waals surface area contributed by atoms with Crippen LogP contribution in [0.25, 0.3) is 34.7 Å². The molecule has 0 spiro atoms. The van der Waals surface area contributed by atoms with E-state index in [9.17, 15) is 4.91 Å². The van der Waals surface area contributed by atoms with E-state index in [0.29, 0.717) is 5.22 Å². The lowest BCUT2D eigenvalue weighted by atomic mass is 9.91. The zero-order chi connectivity index (χ0) is 29.3. The highest BCUT2D eigenvalue weighted by Crippen LogP contribution is 2.33. The molecule has 0 aromatic heterocycles. The molecular formula is C34H26N4O4. The zero-order valence-electron chi connectivity index (χ0n) is 22.3. The van der Waals surface area contributed by atoms with E-state index in [1.54, 1.807) is 0 Å². The second-order valence-corrected chi connectivity index (χ2v) is 9.43. The standard InChI is InChI=1S/C34H26N4O4/c39-35-19-23-1-9-27(10-2-23)31-17-33(29-13-5-25(6-14-29)21-37-41)34(30-15-7-26(8-16-30)22-38-42)18-32(31)28-11-3-24(4-12-28)20-36-40/h1-22,35,39,41-42H. The molecule has 0 aliphatic heterocycles. The van der Waals surface area contributed by atoms with Gasteiger partial charge < -0.3 is 10.4 Å². The van der Waals surface area contributed by atoms with Crippen molar-refractivity contribution in [3.63, 3.8) is 0 Å². The van der Waals surface area contributed by atoms with Crippen LogP contribution in [0.4, 0.5) is 0 Å². The normalized spacial score (nSPS) is 11.1. The Morgan fingerprint density at radius 1 is 0.571 bits per heavy atom. The van der Waals surface area contributed by atoms with Crippen LogP contribution in [0.15, 0.2) is 125 Å². The highest BCUT2D eigenvalue weighted by molar-refractivity contribution is 5.87. The molecule has 0 aliphatic rings. The van der Waals surface area contributed by atoms with Crippen LogP contribution in [0.1, 0.15) is 11.1 Å². The van der Waals surface area contributed by atoms with Gasteiger partial charge in [0, 0.05) is 6.20 Å². The number of hydrogen-bond acceptors (Lipinski definition) is 8. The molecule has 8 nitrogen and oxygen atoms in total. The second-order valence-electron chi connectivity index (χ2n) is 9.43. The Bertz CT molecular complexity index is 2060. The number of oxime groups is 2. The van der Waals surface area contributed by atoms with E-state index in [-0.39, 0.29) is 0 Å². The second kappa shape index (κ2) is 13.0. The maximum atomic E-state index is 10.8. The van der Waals surface area contributed by atoms with Crippen molar-refractivity contribution in [2.45, 2.75) is 0 Å². The molecule has 5 aromatic carbocycles. The first-order valence-electron chi connectivity index (χ1n) is 13.0. The molecule has 0 fully saturated rings. The maximum Gasteiger partial charge on any atom is 0.0787 e. The molecule has 0 saturated heterocycles. The van der Waals surface area contributed by atoms with E-state index < -0.39 is 0 Å². The summed E-state index contributed by atoms with van der Waals surface area (Å²) in [7, 11) is 0. The summed E-state index contributed by atoms with van der Waals surface area (Å²) in [5.41, 5.74) is 7.48. The Balaban J connectivity index is 1.93. The number of hydroxylamine groups is 1. The van der Waals surface area contributed by atoms with Gasteiger partial charge >= 0.3 is 0 Å². The number of hydrogen-bond donors (Lipinski definition) is 4. The highest BCUT2D eigenvalue weighted by Gasteiger charge is 2.10. The van der Waals surface area contributed by atoms with E-state index in [1.165, 1.54) is 24.8 Å². The molecule has 0 saturated carbocycles. The minimum atomic E-state index is 0.705. The predicted octanol–water partition coefficient (Wildman–Crippen LogP) is 5.43. The average molecular weight is 555 g/mol. The lowest BCUT2D eigenvalue weighted by Crippen LogP contribution is -2.06. The van der Waals surface area contributed by atoms with Crippen molar-refractivity contribution >= 4 is 24.8 Å². The van der Waals surface area contributed by atoms with Crippen LogP contribution in [0, 0.1) is 25.8 Å². The molecular weight excluding hydrogens is 528 g/mol. The van der Waals surface area contributed by atoms with Gasteiger partial charge in [-0.3, -0.25) is 10.7 Å². The minimum Gasteiger partial charge on any atom is -0.411 e. The van der Waals surface area contributed by atoms with Gasteiger partial charge in [0.2, 0.25) is 0 Å². The van der Waals surface area contributed by atoms with Crippen LogP contribution in [0.2, 0.25) is 0 Å². The number of nitrogens with zero attached hydrogens (tertiary/aromatic N) is 3. The van der Waals surface area contributed by atoms with Crippen LogP contribution in [-0.4, -0.2) is 28.1 Å². The fraction of sp³-hybridized carbons (Fsp3) is 0. The molecule has 206 valence electrons. The van der Waals surface area contributed by atoms with E-state index in [2.05, 4.69) is 33.1 Å². The van der Waals surface area contributed by atoms with Crippen molar-refractivity contribution in [3.05, 3.63) is 157 Å². The van der Waals surface area contributed by atoms with E-state index >= 15 is 0 Å². The maximum absolute atomic E-state index is 10.8.